The van der Waals surface area contributed by atoms with Gasteiger partial charge in [0.2, 0.25) is 0 Å². The number of nitrogens with one attached hydrogen (secondary N) is 1. The second-order valence-electron chi connectivity index (χ2n) is 5.24. The lowest BCUT2D eigenvalue weighted by molar-refractivity contribution is 0.0736. The molecule has 0 aliphatic carbocycles. The average Bonchev–Trinajstić information content (AvgIpc) is 2.96. The van der Waals surface area contributed by atoms with Crippen molar-refractivity contribution in [3.05, 3.63) is 47.5 Å². The first-order chi connectivity index (χ1) is 9.50. The van der Waals surface area contributed by atoms with Crippen molar-refractivity contribution in [3.63, 3.8) is 0 Å². The molecule has 1 amide bonds. The summed E-state index contributed by atoms with van der Waals surface area (Å²) in [7, 11) is 1.79. The molecular formula is C15H20N4O. The number of aromatic nitrogens is 3. The van der Waals surface area contributed by atoms with Crippen molar-refractivity contribution in [2.24, 2.45) is 0 Å². The van der Waals surface area contributed by atoms with E-state index in [1.165, 1.54) is 0 Å². The Labute approximate surface area is 119 Å². The number of carbonyl (C=O) groups excluding carboxylic acids is 1. The second-order valence-corrected chi connectivity index (χ2v) is 5.24. The van der Waals surface area contributed by atoms with Crippen LogP contribution in [0.25, 0.3) is 0 Å². The quantitative estimate of drug-likeness (QED) is 0.931. The van der Waals surface area contributed by atoms with Crippen molar-refractivity contribution in [3.8, 4) is 0 Å². The maximum atomic E-state index is 12.4. The van der Waals surface area contributed by atoms with Crippen LogP contribution < -0.4 is 0 Å². The molecule has 1 N–H and O–H groups in total. The molecule has 0 aromatic carbocycles. The molecule has 20 heavy (non-hydrogen) atoms. The zero-order valence-corrected chi connectivity index (χ0v) is 12.3. The Kier molecular flexibility index (Phi) is 4.17. The summed E-state index contributed by atoms with van der Waals surface area (Å²) >= 11 is 0. The first kappa shape index (κ1) is 14.2. The summed E-state index contributed by atoms with van der Waals surface area (Å²) in [4.78, 5) is 18.1. The third-order valence-electron chi connectivity index (χ3n) is 3.53. The number of hydrogen-bond acceptors (Lipinski definition) is 3. The second kappa shape index (κ2) is 5.86. The fourth-order valence-corrected chi connectivity index (χ4v) is 1.96. The number of H-pyrrole nitrogens is 1. The lowest BCUT2D eigenvalue weighted by Gasteiger charge is -2.24. The normalized spacial score (nSPS) is 12.4. The molecule has 2 rings (SSSR count). The van der Waals surface area contributed by atoms with Gasteiger partial charge in [-0.1, -0.05) is 13.8 Å². The SMILES string of the molecule is CC(C)c1cc(C(=O)N(C)C(C)c2ccncc2)n[nH]1. The van der Waals surface area contributed by atoms with Gasteiger partial charge in [-0.05, 0) is 36.6 Å². The third kappa shape index (κ3) is 2.87. The summed E-state index contributed by atoms with van der Waals surface area (Å²) in [5.41, 5.74) is 2.48. The molecule has 1 atom stereocenters. The average molecular weight is 272 g/mol. The Morgan fingerprint density at radius 2 is 1.90 bits per heavy atom. The van der Waals surface area contributed by atoms with Crippen LogP contribution in [0.15, 0.2) is 30.6 Å². The number of nitrogens with zero attached hydrogens (tertiary/aromatic N) is 3. The van der Waals surface area contributed by atoms with E-state index in [1.54, 1.807) is 24.3 Å². The van der Waals surface area contributed by atoms with Gasteiger partial charge in [-0.15, -0.1) is 0 Å². The Bertz CT molecular complexity index is 577. The molecule has 0 aliphatic heterocycles. The van der Waals surface area contributed by atoms with Gasteiger partial charge in [0, 0.05) is 25.1 Å². The molecule has 2 aromatic rings. The number of hydrogen-bond donors (Lipinski definition) is 1. The Hall–Kier alpha value is -2.17. The van der Waals surface area contributed by atoms with E-state index in [4.69, 9.17) is 0 Å². The molecule has 5 nitrogen and oxygen atoms in total. The zero-order chi connectivity index (χ0) is 14.7. The fourth-order valence-electron chi connectivity index (χ4n) is 1.96. The minimum atomic E-state index is -0.0857. The molecule has 2 heterocycles. The van der Waals surface area contributed by atoms with E-state index in [1.807, 2.05) is 25.1 Å². The van der Waals surface area contributed by atoms with E-state index < -0.39 is 0 Å². The first-order valence-electron chi connectivity index (χ1n) is 6.73. The van der Waals surface area contributed by atoms with Crippen LogP contribution in [-0.2, 0) is 0 Å². The van der Waals surface area contributed by atoms with Gasteiger partial charge in [-0.25, -0.2) is 0 Å². The van der Waals surface area contributed by atoms with Crippen LogP contribution in [0.5, 0.6) is 0 Å². The molecule has 2 aromatic heterocycles. The molecule has 106 valence electrons. The molecule has 0 saturated carbocycles. The topological polar surface area (TPSA) is 61.9 Å². The number of carbonyl (C=O) groups is 1. The molecule has 1 unspecified atom stereocenters. The zero-order valence-electron chi connectivity index (χ0n) is 12.3. The lowest BCUT2D eigenvalue weighted by atomic mass is 10.1. The molecule has 0 radical (unpaired) electrons. The highest BCUT2D eigenvalue weighted by atomic mass is 16.2. The maximum Gasteiger partial charge on any atom is 0.274 e. The van der Waals surface area contributed by atoms with Crippen molar-refractivity contribution in [2.45, 2.75) is 32.7 Å². The highest BCUT2D eigenvalue weighted by Crippen LogP contribution is 2.20. The predicted molar refractivity (Wildman–Crippen MR) is 77.4 cm³/mol. The molecule has 0 fully saturated rings. The van der Waals surface area contributed by atoms with E-state index in [2.05, 4.69) is 29.0 Å². The van der Waals surface area contributed by atoms with Crippen molar-refractivity contribution >= 4 is 5.91 Å². The fraction of sp³-hybridized carbons (Fsp3) is 0.400. The monoisotopic (exact) mass is 272 g/mol. The van der Waals surface area contributed by atoms with Gasteiger partial charge < -0.3 is 4.90 Å². The summed E-state index contributed by atoms with van der Waals surface area (Å²) < 4.78 is 0. The van der Waals surface area contributed by atoms with Crippen LogP contribution in [0.2, 0.25) is 0 Å². The number of aromatic amines is 1. The lowest BCUT2D eigenvalue weighted by Crippen LogP contribution is -2.29. The molecule has 0 bridgehead atoms. The third-order valence-corrected chi connectivity index (χ3v) is 3.53. The molecule has 0 saturated heterocycles. The van der Waals surface area contributed by atoms with E-state index in [0.29, 0.717) is 11.6 Å². The smallest absolute Gasteiger partial charge is 0.274 e. The van der Waals surface area contributed by atoms with Crippen LogP contribution in [-0.4, -0.2) is 33.0 Å². The standard InChI is InChI=1S/C15H20N4O/c1-10(2)13-9-14(18-17-13)15(20)19(4)11(3)12-5-7-16-8-6-12/h5-11H,1-4H3,(H,17,18). The number of rotatable bonds is 4. The number of amides is 1. The predicted octanol–water partition coefficient (Wildman–Crippen LogP) is 2.76. The largest absolute Gasteiger partial charge is 0.334 e. The van der Waals surface area contributed by atoms with Gasteiger partial charge in [-0.3, -0.25) is 14.9 Å². The van der Waals surface area contributed by atoms with E-state index in [-0.39, 0.29) is 11.9 Å². The van der Waals surface area contributed by atoms with Crippen molar-refractivity contribution in [1.82, 2.24) is 20.1 Å². The maximum absolute atomic E-state index is 12.4. The van der Waals surface area contributed by atoms with E-state index in [9.17, 15) is 4.79 Å². The van der Waals surface area contributed by atoms with Crippen molar-refractivity contribution in [1.29, 1.82) is 0 Å². The van der Waals surface area contributed by atoms with Crippen LogP contribution in [0.3, 0.4) is 0 Å². The summed E-state index contributed by atoms with van der Waals surface area (Å²) in [5, 5.41) is 7.02. The van der Waals surface area contributed by atoms with Gasteiger partial charge in [0.25, 0.3) is 5.91 Å². The van der Waals surface area contributed by atoms with E-state index >= 15 is 0 Å². The molecular weight excluding hydrogens is 252 g/mol. The molecule has 0 spiro atoms. The highest BCUT2D eigenvalue weighted by molar-refractivity contribution is 5.92. The molecule has 5 heteroatoms. The molecule has 0 aliphatic rings. The summed E-state index contributed by atoms with van der Waals surface area (Å²) in [6.07, 6.45) is 3.46. The Balaban J connectivity index is 2.15. The van der Waals surface area contributed by atoms with Crippen molar-refractivity contribution < 1.29 is 4.79 Å². The van der Waals surface area contributed by atoms with Gasteiger partial charge in [-0.2, -0.15) is 5.10 Å². The summed E-state index contributed by atoms with van der Waals surface area (Å²) in [6.45, 7) is 6.11. The highest BCUT2D eigenvalue weighted by Gasteiger charge is 2.21. The van der Waals surface area contributed by atoms with Crippen LogP contribution in [0.1, 0.15) is 54.5 Å². The number of pyridine rings is 1. The van der Waals surface area contributed by atoms with Crippen LogP contribution in [0, 0.1) is 0 Å². The first-order valence-corrected chi connectivity index (χ1v) is 6.73. The Morgan fingerprint density at radius 3 is 2.45 bits per heavy atom. The van der Waals surface area contributed by atoms with Crippen LogP contribution >= 0.6 is 0 Å². The van der Waals surface area contributed by atoms with Gasteiger partial charge in [0.1, 0.15) is 5.69 Å². The van der Waals surface area contributed by atoms with E-state index in [0.717, 1.165) is 11.3 Å². The van der Waals surface area contributed by atoms with Crippen LogP contribution in [0.4, 0.5) is 0 Å². The van der Waals surface area contributed by atoms with Crippen molar-refractivity contribution in [2.75, 3.05) is 7.05 Å². The van der Waals surface area contributed by atoms with Gasteiger partial charge >= 0.3 is 0 Å². The Morgan fingerprint density at radius 1 is 1.25 bits per heavy atom. The van der Waals surface area contributed by atoms with Gasteiger partial charge in [0.15, 0.2) is 0 Å². The minimum Gasteiger partial charge on any atom is -0.334 e. The van der Waals surface area contributed by atoms with Gasteiger partial charge in [0.05, 0.1) is 6.04 Å². The summed E-state index contributed by atoms with van der Waals surface area (Å²) in [6, 6.07) is 5.63. The summed E-state index contributed by atoms with van der Waals surface area (Å²) in [5.74, 6) is 0.240. The minimum absolute atomic E-state index is 0.0234.